The summed E-state index contributed by atoms with van der Waals surface area (Å²) in [5, 5.41) is 2.36. The van der Waals surface area contributed by atoms with Crippen molar-refractivity contribution in [2.75, 3.05) is 5.73 Å². The number of ether oxygens (including phenoxy) is 2. The number of nitrogens with one attached hydrogen (secondary N) is 1. The summed E-state index contributed by atoms with van der Waals surface area (Å²) in [7, 11) is 0. The third kappa shape index (κ3) is 3.71. The molecule has 1 atom stereocenters. The van der Waals surface area contributed by atoms with Gasteiger partial charge in [-0.25, -0.2) is 9.59 Å². The largest absolute Gasteiger partial charge is 0.445 e. The van der Waals surface area contributed by atoms with Crippen LogP contribution in [0.25, 0.3) is 0 Å². The van der Waals surface area contributed by atoms with E-state index in [9.17, 15) is 14.4 Å². The van der Waals surface area contributed by atoms with Crippen molar-refractivity contribution in [3.05, 3.63) is 29.8 Å². The van der Waals surface area contributed by atoms with Crippen molar-refractivity contribution in [1.29, 1.82) is 0 Å². The summed E-state index contributed by atoms with van der Waals surface area (Å²) in [6, 6.07) is 6.01. The Kier molecular flexibility index (Phi) is 4.19. The minimum absolute atomic E-state index is 0.0623. The van der Waals surface area contributed by atoms with Gasteiger partial charge in [0.05, 0.1) is 0 Å². The van der Waals surface area contributed by atoms with Crippen LogP contribution in [0.2, 0.25) is 0 Å². The average molecular weight is 278 g/mol. The molecule has 0 spiro atoms. The molecule has 1 heterocycles. The van der Waals surface area contributed by atoms with Gasteiger partial charge in [-0.2, -0.15) is 0 Å². The molecule has 1 aliphatic rings. The predicted octanol–water partition coefficient (Wildman–Crippen LogP) is 0.727. The SMILES string of the molecule is Nc1ccc(COC(=O)N[C@H]2CCC(=O)OC2=O)cc1. The molecule has 7 nitrogen and oxygen atoms in total. The van der Waals surface area contributed by atoms with Crippen LogP contribution in [0.4, 0.5) is 10.5 Å². The molecule has 0 aromatic heterocycles. The van der Waals surface area contributed by atoms with Crippen molar-refractivity contribution in [3.63, 3.8) is 0 Å². The van der Waals surface area contributed by atoms with Crippen LogP contribution < -0.4 is 11.1 Å². The Bertz CT molecular complexity index is 526. The fraction of sp³-hybridized carbons (Fsp3) is 0.308. The fourth-order valence-corrected chi connectivity index (χ4v) is 1.69. The molecular weight excluding hydrogens is 264 g/mol. The molecule has 3 N–H and O–H groups in total. The first-order valence-corrected chi connectivity index (χ1v) is 6.07. The molecule has 0 bridgehead atoms. The molecule has 0 radical (unpaired) electrons. The van der Waals surface area contributed by atoms with Gasteiger partial charge in [0.2, 0.25) is 0 Å². The van der Waals surface area contributed by atoms with Gasteiger partial charge in [-0.1, -0.05) is 12.1 Å². The van der Waals surface area contributed by atoms with E-state index in [2.05, 4.69) is 10.1 Å². The van der Waals surface area contributed by atoms with Crippen LogP contribution in [0, 0.1) is 0 Å². The van der Waals surface area contributed by atoms with E-state index in [1.165, 1.54) is 0 Å². The zero-order chi connectivity index (χ0) is 14.5. The molecule has 1 aromatic rings. The topological polar surface area (TPSA) is 108 Å². The summed E-state index contributed by atoms with van der Waals surface area (Å²) < 4.78 is 9.38. The van der Waals surface area contributed by atoms with Gasteiger partial charge in [-0.15, -0.1) is 0 Å². The van der Waals surface area contributed by atoms with E-state index in [1.54, 1.807) is 24.3 Å². The number of benzene rings is 1. The molecular formula is C13H14N2O5. The number of rotatable bonds is 3. The lowest BCUT2D eigenvalue weighted by atomic mass is 10.1. The summed E-state index contributed by atoms with van der Waals surface area (Å²) in [6.45, 7) is 0.0623. The molecule has 0 aliphatic carbocycles. The van der Waals surface area contributed by atoms with Gasteiger partial charge in [-0.3, -0.25) is 4.79 Å². The molecule has 20 heavy (non-hydrogen) atoms. The number of hydrogen-bond donors (Lipinski definition) is 2. The minimum Gasteiger partial charge on any atom is -0.445 e. The van der Waals surface area contributed by atoms with Crippen molar-refractivity contribution in [2.24, 2.45) is 0 Å². The molecule has 2 rings (SSSR count). The number of nitrogen functional groups attached to an aromatic ring is 1. The highest BCUT2D eigenvalue weighted by molar-refractivity contribution is 5.92. The van der Waals surface area contributed by atoms with E-state index >= 15 is 0 Å². The Morgan fingerprint density at radius 2 is 2.05 bits per heavy atom. The first-order chi connectivity index (χ1) is 9.54. The molecule has 0 unspecified atom stereocenters. The molecule has 1 amide bonds. The normalized spacial score (nSPS) is 18.3. The maximum atomic E-state index is 11.5. The minimum atomic E-state index is -0.841. The second-order valence-corrected chi connectivity index (χ2v) is 4.35. The van der Waals surface area contributed by atoms with Gasteiger partial charge in [0.1, 0.15) is 12.6 Å². The lowest BCUT2D eigenvalue weighted by molar-refractivity contribution is -0.165. The number of carbonyl (C=O) groups is 3. The molecule has 1 saturated heterocycles. The monoisotopic (exact) mass is 278 g/mol. The highest BCUT2D eigenvalue weighted by Gasteiger charge is 2.30. The van der Waals surface area contributed by atoms with Crippen molar-refractivity contribution >= 4 is 23.7 Å². The number of amides is 1. The Morgan fingerprint density at radius 3 is 2.70 bits per heavy atom. The molecule has 1 fully saturated rings. The Balaban J connectivity index is 1.79. The smallest absolute Gasteiger partial charge is 0.408 e. The van der Waals surface area contributed by atoms with Gasteiger partial charge in [0.25, 0.3) is 0 Å². The lowest BCUT2D eigenvalue weighted by Gasteiger charge is -2.20. The van der Waals surface area contributed by atoms with Crippen LogP contribution in [0.3, 0.4) is 0 Å². The second kappa shape index (κ2) is 6.05. The number of alkyl carbamates (subject to hydrolysis) is 1. The van der Waals surface area contributed by atoms with Gasteiger partial charge in [0, 0.05) is 12.1 Å². The van der Waals surface area contributed by atoms with Gasteiger partial charge >= 0.3 is 18.0 Å². The number of hydrogen-bond acceptors (Lipinski definition) is 6. The number of cyclic esters (lactones) is 2. The highest BCUT2D eigenvalue weighted by atomic mass is 16.6. The summed E-state index contributed by atoms with van der Waals surface area (Å²) >= 11 is 0. The van der Waals surface area contributed by atoms with Crippen molar-refractivity contribution in [3.8, 4) is 0 Å². The quantitative estimate of drug-likeness (QED) is 0.479. The fourth-order valence-electron chi connectivity index (χ4n) is 1.69. The average Bonchev–Trinajstić information content (AvgIpc) is 2.41. The molecule has 1 aromatic carbocycles. The maximum Gasteiger partial charge on any atom is 0.408 e. The zero-order valence-corrected chi connectivity index (χ0v) is 10.6. The second-order valence-electron chi connectivity index (χ2n) is 4.35. The van der Waals surface area contributed by atoms with E-state index in [-0.39, 0.29) is 19.4 Å². The van der Waals surface area contributed by atoms with E-state index in [0.29, 0.717) is 5.69 Å². The van der Waals surface area contributed by atoms with Crippen LogP contribution in [0.15, 0.2) is 24.3 Å². The Morgan fingerprint density at radius 1 is 1.35 bits per heavy atom. The molecule has 7 heteroatoms. The van der Waals surface area contributed by atoms with Crippen molar-refractivity contribution in [2.45, 2.75) is 25.5 Å². The van der Waals surface area contributed by atoms with Crippen LogP contribution >= 0.6 is 0 Å². The lowest BCUT2D eigenvalue weighted by Crippen LogP contribution is -2.45. The number of carbonyl (C=O) groups excluding carboxylic acids is 3. The van der Waals surface area contributed by atoms with Crippen LogP contribution in [-0.4, -0.2) is 24.1 Å². The Labute approximate surface area is 115 Å². The molecule has 106 valence electrons. The number of anilines is 1. The highest BCUT2D eigenvalue weighted by Crippen LogP contribution is 2.10. The van der Waals surface area contributed by atoms with Crippen molar-refractivity contribution in [1.82, 2.24) is 5.32 Å². The zero-order valence-electron chi connectivity index (χ0n) is 10.6. The summed E-state index contributed by atoms with van der Waals surface area (Å²) in [4.78, 5) is 33.7. The predicted molar refractivity (Wildman–Crippen MR) is 68.3 cm³/mol. The van der Waals surface area contributed by atoms with Gasteiger partial charge in [-0.05, 0) is 24.1 Å². The van der Waals surface area contributed by atoms with Crippen LogP contribution in [0.5, 0.6) is 0 Å². The maximum absolute atomic E-state index is 11.5. The standard InChI is InChI=1S/C13H14N2O5/c14-9-3-1-8(2-4-9)7-19-13(18)15-10-5-6-11(16)20-12(10)17/h1-4,10H,5-7,14H2,(H,15,18)/t10-/m0/s1. The first kappa shape index (κ1) is 13.9. The van der Waals surface area contributed by atoms with Gasteiger partial charge in [0.15, 0.2) is 0 Å². The Hall–Kier alpha value is -2.57. The van der Waals surface area contributed by atoms with E-state index in [1.807, 2.05) is 0 Å². The van der Waals surface area contributed by atoms with E-state index < -0.39 is 24.1 Å². The van der Waals surface area contributed by atoms with E-state index in [0.717, 1.165) is 5.56 Å². The third-order valence-corrected chi connectivity index (χ3v) is 2.78. The van der Waals surface area contributed by atoms with Crippen LogP contribution in [0.1, 0.15) is 18.4 Å². The molecule has 1 aliphatic heterocycles. The summed E-state index contributed by atoms with van der Waals surface area (Å²) in [6.07, 6.45) is -0.429. The van der Waals surface area contributed by atoms with Gasteiger partial charge < -0.3 is 20.5 Å². The number of nitrogens with two attached hydrogens (primary N) is 1. The van der Waals surface area contributed by atoms with E-state index in [4.69, 9.17) is 10.5 Å². The third-order valence-electron chi connectivity index (χ3n) is 2.78. The van der Waals surface area contributed by atoms with Crippen molar-refractivity contribution < 1.29 is 23.9 Å². The summed E-state index contributed by atoms with van der Waals surface area (Å²) in [5.74, 6) is -1.34. The summed E-state index contributed by atoms with van der Waals surface area (Å²) in [5.41, 5.74) is 6.93. The first-order valence-electron chi connectivity index (χ1n) is 6.07. The number of esters is 2. The van der Waals surface area contributed by atoms with Crippen LogP contribution in [-0.2, 0) is 25.7 Å². The molecule has 0 saturated carbocycles.